The second-order valence-electron chi connectivity index (χ2n) is 4.35. The van der Waals surface area contributed by atoms with Gasteiger partial charge in [0.15, 0.2) is 0 Å². The van der Waals surface area contributed by atoms with Crippen molar-refractivity contribution in [1.29, 1.82) is 0 Å². The van der Waals surface area contributed by atoms with E-state index < -0.39 is 0 Å². The van der Waals surface area contributed by atoms with Crippen LogP contribution in [-0.2, 0) is 9.53 Å². The Hall–Kier alpha value is -0.370. The minimum absolute atomic E-state index is 0.136. The van der Waals surface area contributed by atoms with E-state index in [1.54, 1.807) is 0 Å². The van der Waals surface area contributed by atoms with Crippen LogP contribution >= 0.6 is 0 Å². The molecule has 0 spiro atoms. The van der Waals surface area contributed by atoms with Crippen molar-refractivity contribution >= 4 is 5.78 Å². The monoisotopic (exact) mass is 184 g/mol. The fraction of sp³-hybridized carbons (Fsp3) is 0.909. The van der Waals surface area contributed by atoms with Crippen LogP contribution in [0.15, 0.2) is 0 Å². The molecule has 13 heavy (non-hydrogen) atoms. The van der Waals surface area contributed by atoms with Crippen LogP contribution in [-0.4, -0.2) is 19.0 Å². The molecule has 0 N–H and O–H groups in total. The van der Waals surface area contributed by atoms with Gasteiger partial charge in [0.1, 0.15) is 5.78 Å². The van der Waals surface area contributed by atoms with Crippen molar-refractivity contribution in [2.75, 3.05) is 13.2 Å². The molecule has 2 heteroatoms. The molecule has 0 amide bonds. The third-order valence-electron chi connectivity index (χ3n) is 2.88. The van der Waals surface area contributed by atoms with Crippen molar-refractivity contribution in [3.8, 4) is 0 Å². The zero-order chi connectivity index (χ0) is 9.90. The first-order valence-corrected chi connectivity index (χ1v) is 5.24. The summed E-state index contributed by atoms with van der Waals surface area (Å²) in [4.78, 5) is 12.0. The van der Waals surface area contributed by atoms with Gasteiger partial charge in [0.2, 0.25) is 0 Å². The van der Waals surface area contributed by atoms with Crippen molar-refractivity contribution in [3.63, 3.8) is 0 Å². The zero-order valence-electron chi connectivity index (χ0n) is 8.93. The summed E-state index contributed by atoms with van der Waals surface area (Å²) < 4.78 is 5.36. The standard InChI is InChI=1S/C11H20O2/c1-4-5-11(6-7-13-8-11)10(12)9(2)3/h9H,4-8H2,1-3H3/t11-/m1/s1. The van der Waals surface area contributed by atoms with E-state index in [4.69, 9.17) is 4.74 Å². The van der Waals surface area contributed by atoms with Gasteiger partial charge in [0, 0.05) is 12.5 Å². The number of carbonyl (C=O) groups is 1. The molecule has 1 aliphatic rings. The third-order valence-corrected chi connectivity index (χ3v) is 2.88. The molecule has 0 bridgehead atoms. The lowest BCUT2D eigenvalue weighted by molar-refractivity contribution is -0.132. The van der Waals surface area contributed by atoms with Crippen LogP contribution in [0.1, 0.15) is 40.0 Å². The van der Waals surface area contributed by atoms with E-state index in [2.05, 4.69) is 6.92 Å². The lowest BCUT2D eigenvalue weighted by atomic mass is 9.75. The van der Waals surface area contributed by atoms with E-state index in [-0.39, 0.29) is 11.3 Å². The predicted octanol–water partition coefficient (Wildman–Crippen LogP) is 2.42. The highest BCUT2D eigenvalue weighted by Gasteiger charge is 2.41. The fourth-order valence-corrected chi connectivity index (χ4v) is 2.21. The van der Waals surface area contributed by atoms with Crippen LogP contribution < -0.4 is 0 Å². The Bertz CT molecular complexity index is 179. The maximum Gasteiger partial charge on any atom is 0.143 e. The molecule has 0 radical (unpaired) electrons. The molecule has 0 aliphatic carbocycles. The molecule has 0 aromatic rings. The Morgan fingerprint density at radius 3 is 2.62 bits per heavy atom. The van der Waals surface area contributed by atoms with Crippen LogP contribution in [0.4, 0.5) is 0 Å². The maximum absolute atomic E-state index is 12.0. The molecule has 1 fully saturated rings. The van der Waals surface area contributed by atoms with Gasteiger partial charge in [-0.15, -0.1) is 0 Å². The van der Waals surface area contributed by atoms with Crippen molar-refractivity contribution in [3.05, 3.63) is 0 Å². The first-order chi connectivity index (χ1) is 6.12. The number of ketones is 1. The number of hydrogen-bond acceptors (Lipinski definition) is 2. The summed E-state index contributed by atoms with van der Waals surface area (Å²) in [6.07, 6.45) is 2.99. The smallest absolute Gasteiger partial charge is 0.143 e. The first-order valence-electron chi connectivity index (χ1n) is 5.24. The van der Waals surface area contributed by atoms with E-state index in [0.29, 0.717) is 12.4 Å². The quantitative estimate of drug-likeness (QED) is 0.670. The molecule has 0 aromatic carbocycles. The lowest BCUT2D eigenvalue weighted by Crippen LogP contribution is -2.34. The molecule has 1 aliphatic heterocycles. The second-order valence-corrected chi connectivity index (χ2v) is 4.35. The van der Waals surface area contributed by atoms with Gasteiger partial charge in [-0.05, 0) is 12.8 Å². The number of Topliss-reactive ketones (excluding diaryl/α,β-unsaturated/α-hetero) is 1. The first kappa shape index (κ1) is 10.7. The summed E-state index contributed by atoms with van der Waals surface area (Å²) in [6, 6.07) is 0. The highest BCUT2D eigenvalue weighted by atomic mass is 16.5. The van der Waals surface area contributed by atoms with Crippen LogP contribution in [0.5, 0.6) is 0 Å². The molecule has 1 saturated heterocycles. The summed E-state index contributed by atoms with van der Waals surface area (Å²) in [5.41, 5.74) is -0.136. The van der Waals surface area contributed by atoms with Crippen LogP contribution in [0, 0.1) is 11.3 Å². The van der Waals surface area contributed by atoms with E-state index in [1.165, 1.54) is 0 Å². The van der Waals surface area contributed by atoms with Crippen LogP contribution in [0.25, 0.3) is 0 Å². The largest absolute Gasteiger partial charge is 0.380 e. The van der Waals surface area contributed by atoms with Gasteiger partial charge < -0.3 is 4.74 Å². The average Bonchev–Trinajstić information content (AvgIpc) is 2.53. The molecular formula is C11H20O2. The van der Waals surface area contributed by atoms with Crippen molar-refractivity contribution in [1.82, 2.24) is 0 Å². The van der Waals surface area contributed by atoms with Gasteiger partial charge in [0.05, 0.1) is 12.0 Å². The van der Waals surface area contributed by atoms with Gasteiger partial charge in [-0.2, -0.15) is 0 Å². The summed E-state index contributed by atoms with van der Waals surface area (Å²) in [5, 5.41) is 0. The maximum atomic E-state index is 12.0. The summed E-state index contributed by atoms with van der Waals surface area (Å²) >= 11 is 0. The molecule has 1 rings (SSSR count). The zero-order valence-corrected chi connectivity index (χ0v) is 8.93. The van der Waals surface area contributed by atoms with E-state index in [9.17, 15) is 4.79 Å². The molecule has 76 valence electrons. The second kappa shape index (κ2) is 4.23. The third kappa shape index (κ3) is 2.11. The van der Waals surface area contributed by atoms with E-state index in [1.807, 2.05) is 13.8 Å². The molecule has 2 nitrogen and oxygen atoms in total. The lowest BCUT2D eigenvalue weighted by Gasteiger charge is -2.27. The Morgan fingerprint density at radius 2 is 2.23 bits per heavy atom. The molecule has 0 saturated carbocycles. The summed E-state index contributed by atoms with van der Waals surface area (Å²) in [6.45, 7) is 7.51. The van der Waals surface area contributed by atoms with Gasteiger partial charge >= 0.3 is 0 Å². The summed E-state index contributed by atoms with van der Waals surface area (Å²) in [7, 11) is 0. The Balaban J connectivity index is 2.71. The van der Waals surface area contributed by atoms with Gasteiger partial charge in [-0.25, -0.2) is 0 Å². The molecular weight excluding hydrogens is 164 g/mol. The average molecular weight is 184 g/mol. The minimum atomic E-state index is -0.136. The molecule has 0 aromatic heterocycles. The van der Waals surface area contributed by atoms with Gasteiger partial charge in [0.25, 0.3) is 0 Å². The molecule has 1 atom stereocenters. The SMILES string of the molecule is CCC[C@@]1(C(=O)C(C)C)CCOC1. The van der Waals surface area contributed by atoms with Gasteiger partial charge in [-0.1, -0.05) is 27.2 Å². The molecule has 1 heterocycles. The Morgan fingerprint density at radius 1 is 1.54 bits per heavy atom. The molecule has 0 unspecified atom stereocenters. The van der Waals surface area contributed by atoms with E-state index in [0.717, 1.165) is 25.9 Å². The van der Waals surface area contributed by atoms with Crippen LogP contribution in [0.3, 0.4) is 0 Å². The normalized spacial score (nSPS) is 28.3. The Kier molecular flexibility index (Phi) is 3.48. The predicted molar refractivity (Wildman–Crippen MR) is 52.6 cm³/mol. The summed E-state index contributed by atoms with van der Waals surface area (Å²) in [5.74, 6) is 0.542. The highest BCUT2D eigenvalue weighted by Crippen LogP contribution is 2.36. The van der Waals surface area contributed by atoms with Crippen molar-refractivity contribution in [2.24, 2.45) is 11.3 Å². The number of ether oxygens (including phenoxy) is 1. The number of carbonyl (C=O) groups excluding carboxylic acids is 1. The van der Waals surface area contributed by atoms with Gasteiger partial charge in [-0.3, -0.25) is 4.79 Å². The highest BCUT2D eigenvalue weighted by molar-refractivity contribution is 5.86. The number of hydrogen-bond donors (Lipinski definition) is 0. The number of rotatable bonds is 4. The van der Waals surface area contributed by atoms with Crippen molar-refractivity contribution < 1.29 is 9.53 Å². The minimum Gasteiger partial charge on any atom is -0.380 e. The fourth-order valence-electron chi connectivity index (χ4n) is 2.21. The van der Waals surface area contributed by atoms with Crippen LogP contribution in [0.2, 0.25) is 0 Å². The van der Waals surface area contributed by atoms with E-state index >= 15 is 0 Å². The Labute approximate surface area is 80.7 Å². The topological polar surface area (TPSA) is 26.3 Å². The van der Waals surface area contributed by atoms with Crippen molar-refractivity contribution in [2.45, 2.75) is 40.0 Å².